The van der Waals surface area contributed by atoms with E-state index in [1.165, 1.54) is 12.2 Å². The molecule has 4 N–H and O–H groups in total. The van der Waals surface area contributed by atoms with Crippen molar-refractivity contribution < 1.29 is 14.7 Å². The molecule has 2 aliphatic rings. The fourth-order valence-electron chi connectivity index (χ4n) is 2.61. The van der Waals surface area contributed by atoms with E-state index in [0.29, 0.717) is 17.7 Å². The lowest BCUT2D eigenvalue weighted by Gasteiger charge is -2.13. The molecule has 0 aromatic heterocycles. The summed E-state index contributed by atoms with van der Waals surface area (Å²) in [6, 6.07) is 7.70. The van der Waals surface area contributed by atoms with Gasteiger partial charge in [-0.05, 0) is 48.8 Å². The summed E-state index contributed by atoms with van der Waals surface area (Å²) in [5, 5.41) is 14.2. The molecule has 0 spiro atoms. The lowest BCUT2D eigenvalue weighted by Crippen LogP contribution is -2.13. The van der Waals surface area contributed by atoms with Gasteiger partial charge in [-0.25, -0.2) is 0 Å². The molecule has 5 nitrogen and oxygen atoms in total. The van der Waals surface area contributed by atoms with Gasteiger partial charge in [-0.15, -0.1) is 11.8 Å². The summed E-state index contributed by atoms with van der Waals surface area (Å²) >= 11 is 1.89. The summed E-state index contributed by atoms with van der Waals surface area (Å²) < 4.78 is 0. The highest BCUT2D eigenvalue weighted by molar-refractivity contribution is 8.02. The normalized spacial score (nSPS) is 17.7. The summed E-state index contributed by atoms with van der Waals surface area (Å²) in [5.74, 6) is 0.802. The summed E-state index contributed by atoms with van der Waals surface area (Å²) in [5.41, 5.74) is 8.00. The standard InChI is InChI=1S/C17H20N2O3.C4H6S/c1-12(16(18)22)2-7-15(19-11-21)13-3-5-14(6-4-13)17(10-20)8-9-17;1-2-4-5-3-1/h2-7,11,20H,8-10H2,1H3,(H2,18,22)(H,19,21);1,3H,2,4H2/b12-2+,15-7-;. The third-order valence-corrected chi connectivity index (χ3v) is 5.52. The number of nitrogens with one attached hydrogen (secondary N) is 1. The molecule has 1 aromatic rings. The number of amides is 2. The van der Waals surface area contributed by atoms with Crippen LogP contribution in [0, 0.1) is 0 Å². The van der Waals surface area contributed by atoms with Gasteiger partial charge in [0.15, 0.2) is 0 Å². The first-order chi connectivity index (χ1) is 13.0. The first-order valence-electron chi connectivity index (χ1n) is 8.89. The van der Waals surface area contributed by atoms with Gasteiger partial charge in [0.05, 0.1) is 6.61 Å². The number of carbonyl (C=O) groups excluding carboxylic acids is 2. The Labute approximate surface area is 164 Å². The van der Waals surface area contributed by atoms with Crippen molar-refractivity contribution in [3.63, 3.8) is 0 Å². The van der Waals surface area contributed by atoms with Crippen LogP contribution in [-0.4, -0.2) is 29.8 Å². The maximum Gasteiger partial charge on any atom is 0.244 e. The van der Waals surface area contributed by atoms with Crippen LogP contribution in [0.1, 0.15) is 37.3 Å². The van der Waals surface area contributed by atoms with Gasteiger partial charge in [0, 0.05) is 22.4 Å². The molecule has 3 rings (SSSR count). The van der Waals surface area contributed by atoms with Crippen molar-refractivity contribution >= 4 is 29.8 Å². The predicted molar refractivity (Wildman–Crippen MR) is 111 cm³/mol. The third kappa shape index (κ3) is 6.12. The number of aliphatic hydroxyl groups is 1. The van der Waals surface area contributed by atoms with Crippen molar-refractivity contribution in [1.82, 2.24) is 5.32 Å². The molecule has 27 heavy (non-hydrogen) atoms. The summed E-state index contributed by atoms with van der Waals surface area (Å²) in [7, 11) is 0. The summed E-state index contributed by atoms with van der Waals surface area (Å²) in [4.78, 5) is 21.8. The monoisotopic (exact) mass is 386 g/mol. The average Bonchev–Trinajstić information content (AvgIpc) is 3.24. The molecule has 0 radical (unpaired) electrons. The molecule has 1 heterocycles. The Morgan fingerprint density at radius 1 is 1.30 bits per heavy atom. The molecule has 0 atom stereocenters. The molecule has 0 saturated heterocycles. The number of allylic oxidation sites excluding steroid dienone is 3. The van der Waals surface area contributed by atoms with Crippen molar-refractivity contribution in [1.29, 1.82) is 0 Å². The lowest BCUT2D eigenvalue weighted by molar-refractivity contribution is -0.114. The second-order valence-corrected chi connectivity index (χ2v) is 7.62. The molecule has 1 fully saturated rings. The molecule has 0 unspecified atom stereocenters. The minimum Gasteiger partial charge on any atom is -0.395 e. The van der Waals surface area contributed by atoms with Crippen LogP contribution in [0.3, 0.4) is 0 Å². The minimum atomic E-state index is -0.504. The van der Waals surface area contributed by atoms with Gasteiger partial charge < -0.3 is 16.2 Å². The van der Waals surface area contributed by atoms with Crippen molar-refractivity contribution in [2.45, 2.75) is 31.6 Å². The molecular formula is C21H26N2O3S. The zero-order valence-corrected chi connectivity index (χ0v) is 16.3. The van der Waals surface area contributed by atoms with E-state index in [4.69, 9.17) is 5.73 Å². The highest BCUT2D eigenvalue weighted by atomic mass is 32.2. The van der Waals surface area contributed by atoms with E-state index in [1.54, 1.807) is 19.1 Å². The van der Waals surface area contributed by atoms with Crippen LogP contribution < -0.4 is 11.1 Å². The minimum absolute atomic E-state index is 0.0804. The number of aliphatic hydroxyl groups excluding tert-OH is 1. The molecule has 1 aliphatic heterocycles. The first-order valence-corrected chi connectivity index (χ1v) is 9.94. The van der Waals surface area contributed by atoms with Gasteiger partial charge in [-0.1, -0.05) is 36.4 Å². The topological polar surface area (TPSA) is 92.4 Å². The molecule has 1 saturated carbocycles. The van der Waals surface area contributed by atoms with E-state index in [-0.39, 0.29) is 12.0 Å². The smallest absolute Gasteiger partial charge is 0.244 e. The number of thioether (sulfide) groups is 1. The zero-order chi connectivity index (χ0) is 19.7. The van der Waals surface area contributed by atoms with E-state index in [1.807, 2.05) is 36.0 Å². The Morgan fingerprint density at radius 2 is 2.00 bits per heavy atom. The fraction of sp³-hybridized carbons (Fsp3) is 0.333. The van der Waals surface area contributed by atoms with Crippen LogP contribution in [0.4, 0.5) is 0 Å². The summed E-state index contributed by atoms with van der Waals surface area (Å²) in [6.07, 6.45) is 9.27. The molecule has 1 aliphatic carbocycles. The Morgan fingerprint density at radius 3 is 2.41 bits per heavy atom. The number of nitrogens with two attached hydrogens (primary N) is 1. The highest BCUT2D eigenvalue weighted by Gasteiger charge is 2.43. The number of primary amides is 1. The van der Waals surface area contributed by atoms with E-state index in [0.717, 1.165) is 24.0 Å². The first kappa shape index (κ1) is 21.0. The second-order valence-electron chi connectivity index (χ2n) is 6.60. The third-order valence-electron chi connectivity index (χ3n) is 4.66. The zero-order valence-electron chi connectivity index (χ0n) is 15.5. The van der Waals surface area contributed by atoms with Gasteiger partial charge >= 0.3 is 0 Å². The Balaban J connectivity index is 0.000000451. The van der Waals surface area contributed by atoms with Crippen molar-refractivity contribution in [2.75, 3.05) is 12.4 Å². The second kappa shape index (κ2) is 10.1. The Bertz CT molecular complexity index is 741. The molecule has 2 amide bonds. The SMILES string of the molecule is C/C(=C\C=C(/NC=O)c1ccc(C2(CO)CC2)cc1)C(N)=O.C1=CSCC1. The van der Waals surface area contributed by atoms with Crippen LogP contribution in [0.15, 0.2) is 53.5 Å². The van der Waals surface area contributed by atoms with Gasteiger partial charge in [0.25, 0.3) is 0 Å². The van der Waals surface area contributed by atoms with Crippen LogP contribution in [0.2, 0.25) is 0 Å². The highest BCUT2D eigenvalue weighted by Crippen LogP contribution is 2.47. The van der Waals surface area contributed by atoms with Crippen molar-refractivity contribution in [3.05, 3.63) is 64.6 Å². The average molecular weight is 387 g/mol. The molecule has 0 bridgehead atoms. The maximum absolute atomic E-state index is 11.0. The quantitative estimate of drug-likeness (QED) is 0.382. The number of hydrogen-bond donors (Lipinski definition) is 3. The summed E-state index contributed by atoms with van der Waals surface area (Å²) in [6.45, 7) is 1.76. The van der Waals surface area contributed by atoms with Gasteiger partial charge in [0.1, 0.15) is 0 Å². The van der Waals surface area contributed by atoms with Crippen LogP contribution in [-0.2, 0) is 15.0 Å². The molecule has 6 heteroatoms. The fourth-order valence-corrected chi connectivity index (χ4v) is 3.29. The van der Waals surface area contributed by atoms with Crippen molar-refractivity contribution in [2.24, 2.45) is 5.73 Å². The van der Waals surface area contributed by atoms with Gasteiger partial charge in [-0.2, -0.15) is 0 Å². The van der Waals surface area contributed by atoms with E-state index >= 15 is 0 Å². The maximum atomic E-state index is 11.0. The van der Waals surface area contributed by atoms with E-state index < -0.39 is 5.91 Å². The molecular weight excluding hydrogens is 360 g/mol. The number of hydrogen-bond acceptors (Lipinski definition) is 4. The predicted octanol–water partition coefficient (Wildman–Crippen LogP) is 2.87. The van der Waals surface area contributed by atoms with Gasteiger partial charge in [0.2, 0.25) is 12.3 Å². The van der Waals surface area contributed by atoms with Crippen LogP contribution in [0.25, 0.3) is 5.70 Å². The van der Waals surface area contributed by atoms with E-state index in [9.17, 15) is 14.7 Å². The van der Waals surface area contributed by atoms with Gasteiger partial charge in [-0.3, -0.25) is 9.59 Å². The van der Waals surface area contributed by atoms with E-state index in [2.05, 4.69) is 16.8 Å². The largest absolute Gasteiger partial charge is 0.395 e. The number of benzene rings is 1. The number of rotatable bonds is 7. The lowest BCUT2D eigenvalue weighted by atomic mass is 9.95. The Kier molecular flexibility index (Phi) is 7.88. The Hall–Kier alpha value is -2.31. The van der Waals surface area contributed by atoms with Crippen LogP contribution >= 0.6 is 11.8 Å². The molecule has 1 aromatic carbocycles. The van der Waals surface area contributed by atoms with Crippen LogP contribution in [0.5, 0.6) is 0 Å². The molecule has 144 valence electrons. The number of carbonyl (C=O) groups is 2. The van der Waals surface area contributed by atoms with Crippen molar-refractivity contribution in [3.8, 4) is 0 Å².